The number of benzene rings is 2. The van der Waals surface area contributed by atoms with Gasteiger partial charge in [0, 0.05) is 5.92 Å². The molecule has 0 aromatic heterocycles. The lowest BCUT2D eigenvalue weighted by molar-refractivity contribution is -0.124. The Morgan fingerprint density at radius 1 is 1.00 bits per heavy atom. The maximum Gasteiger partial charge on any atom is 0.228 e. The molecule has 0 saturated carbocycles. The fourth-order valence-corrected chi connectivity index (χ4v) is 4.50. The molecule has 2 unspecified atom stereocenters. The standard InChI is InChI=1S/C19H19NO/c20-18(21)19(12-11-14-6-2-4-8-16(14)19)17-10-9-13-5-1-3-7-15(13)17/h1-8,17H,9-12H2,(H2,20,21). The molecule has 2 nitrogen and oxygen atoms in total. The largest absolute Gasteiger partial charge is 0.369 e. The Bertz CT molecular complexity index is 721. The van der Waals surface area contributed by atoms with Gasteiger partial charge in [0.05, 0.1) is 5.41 Å². The normalized spacial score (nSPS) is 26.4. The third-order valence-electron chi connectivity index (χ3n) is 5.45. The van der Waals surface area contributed by atoms with Gasteiger partial charge in [0.15, 0.2) is 0 Å². The third kappa shape index (κ3) is 1.62. The van der Waals surface area contributed by atoms with Crippen LogP contribution >= 0.6 is 0 Å². The van der Waals surface area contributed by atoms with Gasteiger partial charge in [-0.25, -0.2) is 0 Å². The molecule has 2 atom stereocenters. The monoisotopic (exact) mass is 277 g/mol. The number of carbonyl (C=O) groups excluding carboxylic acids is 1. The molecular formula is C19H19NO. The van der Waals surface area contributed by atoms with Gasteiger partial charge in [-0.15, -0.1) is 0 Å². The highest BCUT2D eigenvalue weighted by molar-refractivity contribution is 5.90. The summed E-state index contributed by atoms with van der Waals surface area (Å²) in [5.74, 6) is 0.0732. The number of amides is 1. The van der Waals surface area contributed by atoms with Gasteiger partial charge < -0.3 is 5.73 Å². The second kappa shape index (κ2) is 4.45. The molecule has 2 aromatic carbocycles. The predicted molar refractivity (Wildman–Crippen MR) is 83.1 cm³/mol. The number of nitrogens with two attached hydrogens (primary N) is 1. The third-order valence-corrected chi connectivity index (χ3v) is 5.45. The van der Waals surface area contributed by atoms with E-state index in [2.05, 4.69) is 42.5 Å². The molecule has 0 fully saturated rings. The van der Waals surface area contributed by atoms with Crippen LogP contribution in [0.5, 0.6) is 0 Å². The molecule has 2 aromatic rings. The van der Waals surface area contributed by atoms with Crippen LogP contribution in [-0.2, 0) is 23.1 Å². The van der Waals surface area contributed by atoms with Gasteiger partial charge in [0.2, 0.25) is 5.91 Å². The van der Waals surface area contributed by atoms with Crippen LogP contribution in [0.3, 0.4) is 0 Å². The number of hydrogen-bond donors (Lipinski definition) is 1. The van der Waals surface area contributed by atoms with Gasteiger partial charge >= 0.3 is 0 Å². The van der Waals surface area contributed by atoms with Crippen molar-refractivity contribution >= 4 is 5.91 Å². The molecule has 21 heavy (non-hydrogen) atoms. The molecule has 4 rings (SSSR count). The molecule has 106 valence electrons. The van der Waals surface area contributed by atoms with Crippen molar-refractivity contribution in [2.45, 2.75) is 37.0 Å². The van der Waals surface area contributed by atoms with Crippen LogP contribution in [0.25, 0.3) is 0 Å². The Balaban J connectivity index is 1.91. The molecule has 2 aliphatic carbocycles. The van der Waals surface area contributed by atoms with Crippen LogP contribution in [0.15, 0.2) is 48.5 Å². The first kappa shape index (κ1) is 12.6. The van der Waals surface area contributed by atoms with Crippen molar-refractivity contribution < 1.29 is 4.79 Å². The van der Waals surface area contributed by atoms with E-state index in [0.29, 0.717) is 0 Å². The van der Waals surface area contributed by atoms with Gasteiger partial charge in [-0.1, -0.05) is 48.5 Å². The first-order chi connectivity index (χ1) is 10.2. The van der Waals surface area contributed by atoms with Crippen molar-refractivity contribution in [2.24, 2.45) is 5.73 Å². The van der Waals surface area contributed by atoms with Crippen LogP contribution in [0.4, 0.5) is 0 Å². The summed E-state index contributed by atoms with van der Waals surface area (Å²) in [6, 6.07) is 16.9. The zero-order valence-electron chi connectivity index (χ0n) is 12.0. The quantitative estimate of drug-likeness (QED) is 0.900. The highest BCUT2D eigenvalue weighted by Gasteiger charge is 2.51. The highest BCUT2D eigenvalue weighted by atomic mass is 16.1. The van der Waals surface area contributed by atoms with Crippen LogP contribution in [-0.4, -0.2) is 5.91 Å². The molecule has 1 amide bonds. The lowest BCUT2D eigenvalue weighted by atomic mass is 9.68. The molecule has 0 saturated heterocycles. The summed E-state index contributed by atoms with van der Waals surface area (Å²) in [6.45, 7) is 0. The highest BCUT2D eigenvalue weighted by Crippen LogP contribution is 2.53. The predicted octanol–water partition coefficient (Wildman–Crippen LogP) is 3.09. The Labute approximate surface area is 125 Å². The van der Waals surface area contributed by atoms with Crippen molar-refractivity contribution in [1.29, 1.82) is 0 Å². The van der Waals surface area contributed by atoms with E-state index in [1.165, 1.54) is 22.3 Å². The molecular weight excluding hydrogens is 258 g/mol. The minimum atomic E-state index is -0.511. The Morgan fingerprint density at radius 2 is 1.71 bits per heavy atom. The van der Waals surface area contributed by atoms with E-state index < -0.39 is 5.41 Å². The number of primary amides is 1. The van der Waals surface area contributed by atoms with Crippen LogP contribution in [0.1, 0.15) is 41.0 Å². The number of fused-ring (bicyclic) bond motifs is 2. The van der Waals surface area contributed by atoms with Crippen LogP contribution in [0, 0.1) is 0 Å². The molecule has 0 heterocycles. The first-order valence-corrected chi connectivity index (χ1v) is 7.69. The molecule has 0 aliphatic heterocycles. The lowest BCUT2D eigenvalue weighted by Gasteiger charge is -2.34. The summed E-state index contributed by atoms with van der Waals surface area (Å²) in [6.07, 6.45) is 3.88. The van der Waals surface area contributed by atoms with E-state index in [0.717, 1.165) is 25.7 Å². The summed E-state index contributed by atoms with van der Waals surface area (Å²) < 4.78 is 0. The van der Waals surface area contributed by atoms with Crippen molar-refractivity contribution in [3.8, 4) is 0 Å². The summed E-state index contributed by atoms with van der Waals surface area (Å²) in [5.41, 5.74) is 10.6. The zero-order chi connectivity index (χ0) is 14.4. The lowest BCUT2D eigenvalue weighted by Crippen LogP contribution is -2.44. The molecule has 2 aliphatic rings. The first-order valence-electron chi connectivity index (χ1n) is 7.69. The molecule has 2 heteroatoms. The van der Waals surface area contributed by atoms with E-state index in [4.69, 9.17) is 5.73 Å². The Morgan fingerprint density at radius 3 is 2.52 bits per heavy atom. The van der Waals surface area contributed by atoms with E-state index in [9.17, 15) is 4.79 Å². The topological polar surface area (TPSA) is 43.1 Å². The van der Waals surface area contributed by atoms with Gasteiger partial charge in [-0.3, -0.25) is 4.79 Å². The fraction of sp³-hybridized carbons (Fsp3) is 0.316. The van der Waals surface area contributed by atoms with Crippen molar-refractivity contribution in [1.82, 2.24) is 0 Å². The number of carbonyl (C=O) groups is 1. The maximum absolute atomic E-state index is 12.5. The van der Waals surface area contributed by atoms with Gasteiger partial charge in [0.1, 0.15) is 0 Å². The average Bonchev–Trinajstić information content (AvgIpc) is 3.09. The Kier molecular flexibility index (Phi) is 2.68. The second-order valence-corrected chi connectivity index (χ2v) is 6.28. The van der Waals surface area contributed by atoms with Gasteiger partial charge in [-0.05, 0) is 47.9 Å². The summed E-state index contributed by atoms with van der Waals surface area (Å²) in [7, 11) is 0. The summed E-state index contributed by atoms with van der Waals surface area (Å²) in [5, 5.41) is 0. The van der Waals surface area contributed by atoms with E-state index in [1.54, 1.807) is 0 Å². The number of rotatable bonds is 2. The number of hydrogen-bond acceptors (Lipinski definition) is 1. The maximum atomic E-state index is 12.5. The van der Waals surface area contributed by atoms with Gasteiger partial charge in [-0.2, -0.15) is 0 Å². The Hall–Kier alpha value is -2.09. The smallest absolute Gasteiger partial charge is 0.228 e. The second-order valence-electron chi connectivity index (χ2n) is 6.28. The van der Waals surface area contributed by atoms with Crippen molar-refractivity contribution in [2.75, 3.05) is 0 Å². The fourth-order valence-electron chi connectivity index (χ4n) is 4.50. The zero-order valence-corrected chi connectivity index (χ0v) is 12.0. The number of aryl methyl sites for hydroxylation is 2. The van der Waals surface area contributed by atoms with E-state index in [-0.39, 0.29) is 11.8 Å². The average molecular weight is 277 g/mol. The van der Waals surface area contributed by atoms with Crippen molar-refractivity contribution in [3.63, 3.8) is 0 Å². The van der Waals surface area contributed by atoms with Crippen LogP contribution < -0.4 is 5.73 Å². The summed E-state index contributed by atoms with van der Waals surface area (Å²) >= 11 is 0. The van der Waals surface area contributed by atoms with E-state index >= 15 is 0 Å². The molecule has 0 radical (unpaired) electrons. The van der Waals surface area contributed by atoms with E-state index in [1.807, 2.05) is 6.07 Å². The molecule has 0 bridgehead atoms. The molecule has 0 spiro atoms. The minimum Gasteiger partial charge on any atom is -0.369 e. The SMILES string of the molecule is NC(=O)C1(C2CCc3ccccc32)CCc2ccccc21. The van der Waals surface area contributed by atoms with Crippen LogP contribution in [0.2, 0.25) is 0 Å². The summed E-state index contributed by atoms with van der Waals surface area (Å²) in [4.78, 5) is 12.5. The van der Waals surface area contributed by atoms with Crippen molar-refractivity contribution in [3.05, 3.63) is 70.8 Å². The minimum absolute atomic E-state index is 0.158. The van der Waals surface area contributed by atoms with Gasteiger partial charge in [0.25, 0.3) is 0 Å². The molecule has 2 N–H and O–H groups in total.